The SMILES string of the molecule is COc1ccc(CNC2CC2)c(OCC(Cl)=CCl)c1. The molecule has 0 spiro atoms. The molecule has 0 bridgehead atoms. The maximum absolute atomic E-state index is 5.84. The summed E-state index contributed by atoms with van der Waals surface area (Å²) in [5.41, 5.74) is 2.40. The van der Waals surface area contributed by atoms with E-state index in [2.05, 4.69) is 5.32 Å². The lowest BCUT2D eigenvalue weighted by Crippen LogP contribution is -2.16. The summed E-state index contributed by atoms with van der Waals surface area (Å²) in [5, 5.41) is 3.92. The van der Waals surface area contributed by atoms with Crippen LogP contribution in [0.4, 0.5) is 0 Å². The molecule has 0 atom stereocenters. The lowest BCUT2D eigenvalue weighted by Gasteiger charge is -2.13. The Morgan fingerprint density at radius 3 is 2.89 bits per heavy atom. The Kier molecular flexibility index (Phi) is 5.37. The van der Waals surface area contributed by atoms with Gasteiger partial charge in [0, 0.05) is 29.8 Å². The number of rotatable bonds is 7. The van der Waals surface area contributed by atoms with Gasteiger partial charge in [0.15, 0.2) is 0 Å². The highest BCUT2D eigenvalue weighted by molar-refractivity contribution is 6.36. The molecule has 1 saturated carbocycles. The van der Waals surface area contributed by atoms with Crippen LogP contribution < -0.4 is 14.8 Å². The van der Waals surface area contributed by atoms with Crippen molar-refractivity contribution in [3.8, 4) is 11.5 Å². The number of hydrogen-bond donors (Lipinski definition) is 1. The molecule has 0 unspecified atom stereocenters. The van der Waals surface area contributed by atoms with Crippen LogP contribution in [0.5, 0.6) is 11.5 Å². The average Bonchev–Trinajstić information content (AvgIpc) is 3.26. The second-order valence-electron chi connectivity index (χ2n) is 4.47. The van der Waals surface area contributed by atoms with Crippen molar-refractivity contribution in [2.24, 2.45) is 0 Å². The van der Waals surface area contributed by atoms with Crippen molar-refractivity contribution >= 4 is 23.2 Å². The molecular weight excluding hydrogens is 285 g/mol. The first-order valence-corrected chi connectivity index (χ1v) is 7.02. The van der Waals surface area contributed by atoms with E-state index in [0.717, 1.165) is 23.6 Å². The molecule has 1 aliphatic carbocycles. The Morgan fingerprint density at radius 2 is 2.26 bits per heavy atom. The Balaban J connectivity index is 2.05. The van der Waals surface area contributed by atoms with Gasteiger partial charge >= 0.3 is 0 Å². The van der Waals surface area contributed by atoms with Crippen molar-refractivity contribution in [3.05, 3.63) is 34.3 Å². The zero-order chi connectivity index (χ0) is 13.7. The third-order valence-electron chi connectivity index (χ3n) is 2.92. The molecule has 1 aromatic rings. The van der Waals surface area contributed by atoms with E-state index in [9.17, 15) is 0 Å². The Labute approximate surface area is 123 Å². The minimum atomic E-state index is 0.259. The first-order chi connectivity index (χ1) is 9.22. The first kappa shape index (κ1) is 14.5. The molecule has 0 radical (unpaired) electrons. The minimum Gasteiger partial charge on any atom is -0.497 e. The van der Waals surface area contributed by atoms with Crippen LogP contribution in [0.15, 0.2) is 28.8 Å². The summed E-state index contributed by atoms with van der Waals surface area (Å²) in [6.07, 6.45) is 2.51. The molecule has 2 rings (SSSR count). The van der Waals surface area contributed by atoms with Crippen molar-refractivity contribution < 1.29 is 9.47 Å². The molecule has 0 amide bonds. The van der Waals surface area contributed by atoms with E-state index in [4.69, 9.17) is 32.7 Å². The molecule has 104 valence electrons. The van der Waals surface area contributed by atoms with Crippen LogP contribution in [0.25, 0.3) is 0 Å². The maximum Gasteiger partial charge on any atom is 0.128 e. The standard InChI is InChI=1S/C14H17Cl2NO2/c1-18-13-5-2-10(8-17-12-3-4-12)14(6-13)19-9-11(16)7-15/h2,5-7,12,17H,3-4,8-9H2,1H3. The largest absolute Gasteiger partial charge is 0.497 e. The molecule has 0 saturated heterocycles. The van der Waals surface area contributed by atoms with Gasteiger partial charge in [-0.3, -0.25) is 0 Å². The first-order valence-electron chi connectivity index (χ1n) is 6.20. The van der Waals surface area contributed by atoms with Crippen LogP contribution in [0.1, 0.15) is 18.4 Å². The van der Waals surface area contributed by atoms with Gasteiger partial charge < -0.3 is 14.8 Å². The van der Waals surface area contributed by atoms with E-state index >= 15 is 0 Å². The zero-order valence-corrected chi connectivity index (χ0v) is 12.3. The van der Waals surface area contributed by atoms with Crippen molar-refractivity contribution in [1.82, 2.24) is 5.32 Å². The van der Waals surface area contributed by atoms with Crippen LogP contribution in [0.2, 0.25) is 0 Å². The number of nitrogens with one attached hydrogen (secondary N) is 1. The highest BCUT2D eigenvalue weighted by Gasteiger charge is 2.20. The predicted octanol–water partition coefficient (Wildman–Crippen LogP) is 3.65. The molecule has 5 heteroatoms. The summed E-state index contributed by atoms with van der Waals surface area (Å²) in [4.78, 5) is 0. The van der Waals surface area contributed by atoms with Gasteiger partial charge in [-0.25, -0.2) is 0 Å². The Bertz CT molecular complexity index is 459. The topological polar surface area (TPSA) is 30.5 Å². The summed E-state index contributed by atoms with van der Waals surface area (Å²) in [6.45, 7) is 1.04. The predicted molar refractivity (Wildman–Crippen MR) is 78.1 cm³/mol. The van der Waals surface area contributed by atoms with Gasteiger partial charge in [0.2, 0.25) is 0 Å². The Morgan fingerprint density at radius 1 is 1.47 bits per heavy atom. The van der Waals surface area contributed by atoms with Crippen molar-refractivity contribution in [3.63, 3.8) is 0 Å². The zero-order valence-electron chi connectivity index (χ0n) is 10.8. The van der Waals surface area contributed by atoms with Crippen molar-refractivity contribution in [2.45, 2.75) is 25.4 Å². The minimum absolute atomic E-state index is 0.259. The van der Waals surface area contributed by atoms with Gasteiger partial charge in [-0.2, -0.15) is 0 Å². The van der Waals surface area contributed by atoms with E-state index in [0.29, 0.717) is 11.1 Å². The number of methoxy groups -OCH3 is 1. The van der Waals surface area contributed by atoms with Gasteiger partial charge in [-0.1, -0.05) is 29.3 Å². The molecule has 1 aromatic carbocycles. The number of hydrogen-bond acceptors (Lipinski definition) is 3. The fourth-order valence-electron chi connectivity index (χ4n) is 1.66. The van der Waals surface area contributed by atoms with Gasteiger partial charge in [0.25, 0.3) is 0 Å². The van der Waals surface area contributed by atoms with Crippen LogP contribution in [0.3, 0.4) is 0 Å². The molecular formula is C14H17Cl2NO2. The second-order valence-corrected chi connectivity index (χ2v) is 5.18. The monoisotopic (exact) mass is 301 g/mol. The lowest BCUT2D eigenvalue weighted by atomic mass is 10.2. The van der Waals surface area contributed by atoms with Crippen LogP contribution in [-0.4, -0.2) is 19.8 Å². The molecule has 1 fully saturated rings. The molecule has 0 heterocycles. The van der Waals surface area contributed by atoms with Crippen molar-refractivity contribution in [1.29, 1.82) is 0 Å². The van der Waals surface area contributed by atoms with E-state index in [1.807, 2.05) is 18.2 Å². The van der Waals surface area contributed by atoms with Crippen molar-refractivity contribution in [2.75, 3.05) is 13.7 Å². The quantitative estimate of drug-likeness (QED) is 0.834. The summed E-state index contributed by atoms with van der Waals surface area (Å²) in [7, 11) is 1.63. The second kappa shape index (κ2) is 7.04. The van der Waals surface area contributed by atoms with E-state index in [1.54, 1.807) is 7.11 Å². The molecule has 1 aliphatic rings. The normalized spacial score (nSPS) is 15.4. The third kappa shape index (κ3) is 4.60. The van der Waals surface area contributed by atoms with Gasteiger partial charge in [-0.15, -0.1) is 0 Å². The highest BCUT2D eigenvalue weighted by Crippen LogP contribution is 2.27. The van der Waals surface area contributed by atoms with Gasteiger partial charge in [0.05, 0.1) is 12.1 Å². The fourth-order valence-corrected chi connectivity index (χ4v) is 1.78. The maximum atomic E-state index is 5.84. The summed E-state index contributed by atoms with van der Waals surface area (Å²) in [5.74, 6) is 1.53. The molecule has 0 aliphatic heterocycles. The van der Waals surface area contributed by atoms with Crippen LogP contribution in [-0.2, 0) is 6.54 Å². The van der Waals surface area contributed by atoms with Gasteiger partial charge in [-0.05, 0) is 18.9 Å². The molecule has 3 nitrogen and oxygen atoms in total. The average molecular weight is 302 g/mol. The van der Waals surface area contributed by atoms with Crippen LogP contribution in [0, 0.1) is 0 Å². The number of ether oxygens (including phenoxy) is 2. The van der Waals surface area contributed by atoms with E-state index in [-0.39, 0.29) is 6.61 Å². The number of halogens is 2. The summed E-state index contributed by atoms with van der Waals surface area (Å²) >= 11 is 11.4. The fraction of sp³-hybridized carbons (Fsp3) is 0.429. The number of benzene rings is 1. The molecule has 0 aromatic heterocycles. The Hall–Kier alpha value is -0.900. The third-order valence-corrected chi connectivity index (χ3v) is 3.51. The van der Waals surface area contributed by atoms with Gasteiger partial charge in [0.1, 0.15) is 18.1 Å². The smallest absolute Gasteiger partial charge is 0.128 e. The van der Waals surface area contributed by atoms with E-state index in [1.165, 1.54) is 18.4 Å². The summed E-state index contributed by atoms with van der Waals surface area (Å²) < 4.78 is 10.9. The molecule has 19 heavy (non-hydrogen) atoms. The van der Waals surface area contributed by atoms with E-state index < -0.39 is 0 Å². The highest BCUT2D eigenvalue weighted by atomic mass is 35.5. The van der Waals surface area contributed by atoms with Crippen LogP contribution >= 0.6 is 23.2 Å². The summed E-state index contributed by atoms with van der Waals surface area (Å²) in [6, 6.07) is 6.45. The molecule has 1 N–H and O–H groups in total. The lowest BCUT2D eigenvalue weighted by molar-refractivity contribution is 0.348.